The van der Waals surface area contributed by atoms with Gasteiger partial charge in [-0.15, -0.1) is 0 Å². The summed E-state index contributed by atoms with van der Waals surface area (Å²) < 4.78 is 16.1. The van der Waals surface area contributed by atoms with E-state index in [0.717, 1.165) is 12.8 Å². The van der Waals surface area contributed by atoms with Gasteiger partial charge in [0.05, 0.1) is 25.2 Å². The van der Waals surface area contributed by atoms with Crippen LogP contribution in [0.2, 0.25) is 0 Å². The number of nitro groups is 1. The molecule has 0 saturated carbocycles. The first kappa shape index (κ1) is 12.6. The van der Waals surface area contributed by atoms with E-state index in [1.165, 1.54) is 13.2 Å². The quantitative estimate of drug-likeness (QED) is 0.607. The number of ether oxygens (including phenoxy) is 3. The van der Waals surface area contributed by atoms with Crippen molar-refractivity contribution in [2.75, 3.05) is 20.3 Å². The van der Waals surface area contributed by atoms with Crippen molar-refractivity contribution >= 4 is 5.69 Å². The van der Waals surface area contributed by atoms with Crippen molar-refractivity contribution < 1.29 is 19.1 Å². The van der Waals surface area contributed by atoms with E-state index in [1.54, 1.807) is 12.1 Å². The summed E-state index contributed by atoms with van der Waals surface area (Å²) in [6.07, 6.45) is 1.59. The Labute approximate surface area is 105 Å². The minimum Gasteiger partial charge on any atom is -0.488 e. The number of para-hydroxylation sites is 1. The molecule has 0 aliphatic carbocycles. The molecule has 0 atom stereocenters. The van der Waals surface area contributed by atoms with E-state index in [9.17, 15) is 10.1 Å². The third-order valence-corrected chi connectivity index (χ3v) is 2.82. The summed E-state index contributed by atoms with van der Waals surface area (Å²) in [4.78, 5) is 10.4. The van der Waals surface area contributed by atoms with Crippen LogP contribution in [0, 0.1) is 10.1 Å². The summed E-state index contributed by atoms with van der Waals surface area (Å²) in [6, 6.07) is 4.67. The van der Waals surface area contributed by atoms with Gasteiger partial charge in [-0.2, -0.15) is 0 Å². The Morgan fingerprint density at radius 1 is 1.39 bits per heavy atom. The van der Waals surface area contributed by atoms with E-state index in [-0.39, 0.29) is 17.5 Å². The first-order valence-electron chi connectivity index (χ1n) is 5.78. The molecular formula is C12H15NO5. The Hall–Kier alpha value is -1.82. The number of hydrogen-bond donors (Lipinski definition) is 0. The maximum atomic E-state index is 10.9. The van der Waals surface area contributed by atoms with Gasteiger partial charge in [-0.05, 0) is 6.07 Å². The molecule has 1 saturated heterocycles. The second-order valence-electron chi connectivity index (χ2n) is 4.00. The van der Waals surface area contributed by atoms with Crippen LogP contribution in [0.4, 0.5) is 5.69 Å². The fourth-order valence-corrected chi connectivity index (χ4v) is 1.92. The van der Waals surface area contributed by atoms with Crippen LogP contribution in [-0.2, 0) is 4.74 Å². The molecule has 18 heavy (non-hydrogen) atoms. The van der Waals surface area contributed by atoms with Crippen LogP contribution in [0.1, 0.15) is 12.8 Å². The molecule has 6 nitrogen and oxygen atoms in total. The van der Waals surface area contributed by atoms with Crippen molar-refractivity contribution in [2.45, 2.75) is 18.9 Å². The van der Waals surface area contributed by atoms with E-state index in [0.29, 0.717) is 19.0 Å². The molecule has 0 unspecified atom stereocenters. The highest BCUT2D eigenvalue weighted by molar-refractivity contribution is 5.55. The van der Waals surface area contributed by atoms with Crippen LogP contribution < -0.4 is 9.47 Å². The van der Waals surface area contributed by atoms with Gasteiger partial charge in [-0.3, -0.25) is 10.1 Å². The highest BCUT2D eigenvalue weighted by Gasteiger charge is 2.22. The zero-order valence-electron chi connectivity index (χ0n) is 10.1. The first-order valence-corrected chi connectivity index (χ1v) is 5.78. The molecule has 0 bridgehead atoms. The van der Waals surface area contributed by atoms with Crippen LogP contribution in [0.25, 0.3) is 0 Å². The number of rotatable bonds is 4. The van der Waals surface area contributed by atoms with E-state index < -0.39 is 4.92 Å². The Morgan fingerprint density at radius 2 is 2.11 bits per heavy atom. The van der Waals surface area contributed by atoms with Crippen LogP contribution in [0.3, 0.4) is 0 Å². The van der Waals surface area contributed by atoms with Gasteiger partial charge in [0.25, 0.3) is 0 Å². The summed E-state index contributed by atoms with van der Waals surface area (Å²) in [6.45, 7) is 1.31. The molecular weight excluding hydrogens is 238 g/mol. The van der Waals surface area contributed by atoms with Crippen molar-refractivity contribution in [2.24, 2.45) is 0 Å². The molecule has 1 aromatic carbocycles. The fourth-order valence-electron chi connectivity index (χ4n) is 1.92. The van der Waals surface area contributed by atoms with Crippen molar-refractivity contribution in [3.63, 3.8) is 0 Å². The second-order valence-corrected chi connectivity index (χ2v) is 4.00. The van der Waals surface area contributed by atoms with Gasteiger partial charge in [-0.25, -0.2) is 0 Å². The monoisotopic (exact) mass is 253 g/mol. The molecule has 1 aliphatic heterocycles. The number of nitro benzene ring substituents is 1. The zero-order chi connectivity index (χ0) is 13.0. The predicted octanol–water partition coefficient (Wildman–Crippen LogP) is 2.16. The largest absolute Gasteiger partial charge is 0.488 e. The molecule has 1 aromatic rings. The van der Waals surface area contributed by atoms with Crippen LogP contribution >= 0.6 is 0 Å². The molecule has 0 spiro atoms. The molecule has 0 aromatic heterocycles. The highest BCUT2D eigenvalue weighted by Crippen LogP contribution is 2.37. The van der Waals surface area contributed by atoms with Crippen LogP contribution in [0.15, 0.2) is 18.2 Å². The van der Waals surface area contributed by atoms with E-state index in [2.05, 4.69) is 0 Å². The minimum atomic E-state index is -0.477. The van der Waals surface area contributed by atoms with Crippen molar-refractivity contribution in [3.05, 3.63) is 28.3 Å². The van der Waals surface area contributed by atoms with E-state index >= 15 is 0 Å². The van der Waals surface area contributed by atoms with Crippen molar-refractivity contribution in [1.29, 1.82) is 0 Å². The molecule has 2 rings (SSSR count). The maximum absolute atomic E-state index is 10.9. The summed E-state index contributed by atoms with van der Waals surface area (Å²) >= 11 is 0. The summed E-state index contributed by atoms with van der Waals surface area (Å²) in [5.74, 6) is 0.590. The molecule has 6 heteroatoms. The lowest BCUT2D eigenvalue weighted by atomic mass is 10.1. The van der Waals surface area contributed by atoms with E-state index in [1.807, 2.05) is 0 Å². The molecule has 98 valence electrons. The van der Waals surface area contributed by atoms with Gasteiger partial charge < -0.3 is 14.2 Å². The number of hydrogen-bond acceptors (Lipinski definition) is 5. The van der Waals surface area contributed by atoms with Crippen molar-refractivity contribution in [3.8, 4) is 11.5 Å². The van der Waals surface area contributed by atoms with Gasteiger partial charge in [-0.1, -0.05) is 6.07 Å². The first-order chi connectivity index (χ1) is 8.72. The highest BCUT2D eigenvalue weighted by atomic mass is 16.6. The Kier molecular flexibility index (Phi) is 3.99. The fraction of sp³-hybridized carbons (Fsp3) is 0.500. The normalized spacial score (nSPS) is 16.3. The third kappa shape index (κ3) is 2.70. The Morgan fingerprint density at radius 3 is 2.72 bits per heavy atom. The third-order valence-electron chi connectivity index (χ3n) is 2.82. The van der Waals surface area contributed by atoms with Gasteiger partial charge in [0.15, 0.2) is 5.75 Å². The lowest BCUT2D eigenvalue weighted by molar-refractivity contribution is -0.385. The summed E-state index contributed by atoms with van der Waals surface area (Å²) in [7, 11) is 1.40. The smallest absolute Gasteiger partial charge is 0.314 e. The Balaban J connectivity index is 2.20. The SMILES string of the molecule is COc1c(OC2CCOCC2)cccc1[N+](=O)[O-]. The topological polar surface area (TPSA) is 70.8 Å². The molecule has 1 fully saturated rings. The second kappa shape index (κ2) is 5.68. The van der Waals surface area contributed by atoms with Gasteiger partial charge >= 0.3 is 5.69 Å². The van der Waals surface area contributed by atoms with E-state index in [4.69, 9.17) is 14.2 Å². The molecule has 0 radical (unpaired) electrons. The molecule has 0 amide bonds. The zero-order valence-corrected chi connectivity index (χ0v) is 10.1. The van der Waals surface area contributed by atoms with Crippen LogP contribution in [0.5, 0.6) is 11.5 Å². The Bertz CT molecular complexity index is 428. The lowest BCUT2D eigenvalue weighted by Gasteiger charge is -2.23. The standard InChI is InChI=1S/C12H15NO5/c1-16-12-10(13(14)15)3-2-4-11(12)18-9-5-7-17-8-6-9/h2-4,9H,5-8H2,1H3. The predicted molar refractivity (Wildman–Crippen MR) is 64.1 cm³/mol. The summed E-state index contributed by atoms with van der Waals surface area (Å²) in [5, 5.41) is 10.9. The molecule has 1 heterocycles. The van der Waals surface area contributed by atoms with Gasteiger partial charge in [0.2, 0.25) is 5.75 Å². The maximum Gasteiger partial charge on any atom is 0.314 e. The number of methoxy groups -OCH3 is 1. The molecule has 0 N–H and O–H groups in total. The van der Waals surface area contributed by atoms with Gasteiger partial charge in [0, 0.05) is 18.9 Å². The van der Waals surface area contributed by atoms with Gasteiger partial charge in [0.1, 0.15) is 6.10 Å². The summed E-state index contributed by atoms with van der Waals surface area (Å²) in [5.41, 5.74) is -0.0814. The lowest BCUT2D eigenvalue weighted by Crippen LogP contribution is -2.26. The van der Waals surface area contributed by atoms with Crippen LogP contribution in [-0.4, -0.2) is 31.4 Å². The molecule has 1 aliphatic rings. The minimum absolute atomic E-state index is 0.0228. The number of nitrogens with zero attached hydrogens (tertiary/aromatic N) is 1. The average molecular weight is 253 g/mol. The number of benzene rings is 1. The van der Waals surface area contributed by atoms with Crippen molar-refractivity contribution in [1.82, 2.24) is 0 Å². The average Bonchev–Trinajstić information content (AvgIpc) is 2.39.